The van der Waals surface area contributed by atoms with E-state index in [1.165, 1.54) is 19.2 Å². The van der Waals surface area contributed by atoms with Crippen LogP contribution in [-0.4, -0.2) is 4.98 Å². The van der Waals surface area contributed by atoms with Crippen LogP contribution in [0.4, 0.5) is 5.88 Å². The van der Waals surface area contributed by atoms with Crippen molar-refractivity contribution in [2.75, 3.05) is 5.73 Å². The smallest absolute Gasteiger partial charge is 0.214 e. The average Bonchev–Trinajstić information content (AvgIpc) is 2.58. The van der Waals surface area contributed by atoms with Gasteiger partial charge in [0.1, 0.15) is 5.69 Å². The third-order valence-corrected chi connectivity index (χ3v) is 1.59. The van der Waals surface area contributed by atoms with E-state index in [1.54, 1.807) is 0 Å². The van der Waals surface area contributed by atoms with Crippen molar-refractivity contribution in [3.05, 3.63) is 12.1 Å². The largest absolute Gasteiger partial charge is 0.428 e. The minimum absolute atomic E-state index is 0.498. The predicted octanol–water partition coefficient (Wildman–Crippen LogP) is 1.13. The number of nitrogens with two attached hydrogens (primary N) is 1. The Kier molecular flexibility index (Phi) is 0.806. The van der Waals surface area contributed by atoms with Crippen LogP contribution in [0.2, 0.25) is 0 Å². The Balaban J connectivity index is 2.35. The minimum atomic E-state index is 0.498. The van der Waals surface area contributed by atoms with Gasteiger partial charge in [0, 0.05) is 5.92 Å². The van der Waals surface area contributed by atoms with Gasteiger partial charge < -0.3 is 10.2 Å². The fourth-order valence-corrected chi connectivity index (χ4v) is 0.927. The van der Waals surface area contributed by atoms with Crippen LogP contribution >= 0.6 is 0 Å². The molecule has 0 amide bonds. The minimum Gasteiger partial charge on any atom is -0.428 e. The summed E-state index contributed by atoms with van der Waals surface area (Å²) in [6.07, 6.45) is 3.84. The number of aromatic nitrogens is 1. The van der Waals surface area contributed by atoms with Crippen molar-refractivity contribution in [1.82, 2.24) is 4.98 Å². The van der Waals surface area contributed by atoms with Gasteiger partial charge in [-0.25, -0.2) is 4.98 Å². The maximum absolute atomic E-state index is 5.45. The maximum Gasteiger partial charge on any atom is 0.214 e. The van der Waals surface area contributed by atoms with Crippen LogP contribution in [0.5, 0.6) is 0 Å². The van der Waals surface area contributed by atoms with Crippen molar-refractivity contribution < 1.29 is 4.42 Å². The van der Waals surface area contributed by atoms with Gasteiger partial charge in [-0.3, -0.25) is 0 Å². The Morgan fingerprint density at radius 1 is 1.67 bits per heavy atom. The molecule has 1 fully saturated rings. The SMILES string of the molecule is Nc1ocnc1C1CC1. The van der Waals surface area contributed by atoms with Crippen LogP contribution in [0.3, 0.4) is 0 Å². The Morgan fingerprint density at radius 3 is 2.89 bits per heavy atom. The molecule has 2 rings (SSSR count). The molecule has 1 aromatic heterocycles. The molecule has 0 spiro atoms. The second kappa shape index (κ2) is 1.50. The Morgan fingerprint density at radius 2 is 2.44 bits per heavy atom. The van der Waals surface area contributed by atoms with Crippen molar-refractivity contribution in [2.24, 2.45) is 0 Å². The molecule has 1 aromatic rings. The molecule has 0 aromatic carbocycles. The van der Waals surface area contributed by atoms with Crippen molar-refractivity contribution in [1.29, 1.82) is 0 Å². The number of nitrogens with zero attached hydrogens (tertiary/aromatic N) is 1. The molecule has 3 heteroatoms. The van der Waals surface area contributed by atoms with E-state index < -0.39 is 0 Å². The lowest BCUT2D eigenvalue weighted by Gasteiger charge is -1.86. The molecule has 0 unspecified atom stereocenters. The predicted molar refractivity (Wildman–Crippen MR) is 32.9 cm³/mol. The molecule has 1 aliphatic carbocycles. The van der Waals surface area contributed by atoms with Gasteiger partial charge in [-0.1, -0.05) is 0 Å². The standard InChI is InChI=1S/C6H8N2O/c7-6-5(4-1-2-4)8-3-9-6/h3-4H,1-2,7H2. The molecule has 3 nitrogen and oxygen atoms in total. The highest BCUT2D eigenvalue weighted by molar-refractivity contribution is 5.34. The van der Waals surface area contributed by atoms with Gasteiger partial charge in [-0.15, -0.1) is 0 Å². The molecule has 1 saturated carbocycles. The van der Waals surface area contributed by atoms with E-state index in [9.17, 15) is 0 Å². The monoisotopic (exact) mass is 124 g/mol. The number of nitrogen functional groups attached to an aromatic ring is 1. The normalized spacial score (nSPS) is 18.2. The van der Waals surface area contributed by atoms with Crippen molar-refractivity contribution in [3.63, 3.8) is 0 Å². The van der Waals surface area contributed by atoms with Gasteiger partial charge in [0.15, 0.2) is 6.39 Å². The van der Waals surface area contributed by atoms with Gasteiger partial charge >= 0.3 is 0 Å². The first kappa shape index (κ1) is 4.85. The fourth-order valence-electron chi connectivity index (χ4n) is 0.927. The van der Waals surface area contributed by atoms with E-state index in [4.69, 9.17) is 10.2 Å². The van der Waals surface area contributed by atoms with Gasteiger partial charge in [-0.2, -0.15) is 0 Å². The number of rotatable bonds is 1. The third-order valence-electron chi connectivity index (χ3n) is 1.59. The summed E-state index contributed by atoms with van der Waals surface area (Å²) in [4.78, 5) is 3.99. The summed E-state index contributed by atoms with van der Waals surface area (Å²) in [5.74, 6) is 1.10. The molecular formula is C6H8N2O. The van der Waals surface area contributed by atoms with E-state index >= 15 is 0 Å². The zero-order chi connectivity index (χ0) is 6.27. The summed E-state index contributed by atoms with van der Waals surface area (Å²) >= 11 is 0. The first-order chi connectivity index (χ1) is 4.38. The summed E-state index contributed by atoms with van der Waals surface area (Å²) in [6, 6.07) is 0. The quantitative estimate of drug-likeness (QED) is 0.610. The van der Waals surface area contributed by atoms with Crippen LogP contribution in [0, 0.1) is 0 Å². The van der Waals surface area contributed by atoms with E-state index in [-0.39, 0.29) is 0 Å². The highest BCUT2D eigenvalue weighted by Gasteiger charge is 2.28. The number of hydrogen-bond donors (Lipinski definition) is 1. The first-order valence-electron chi connectivity index (χ1n) is 3.07. The molecule has 0 bridgehead atoms. The Hall–Kier alpha value is -0.990. The maximum atomic E-state index is 5.45. The molecule has 0 saturated heterocycles. The summed E-state index contributed by atoms with van der Waals surface area (Å²) in [6.45, 7) is 0. The summed E-state index contributed by atoms with van der Waals surface area (Å²) < 4.78 is 4.83. The van der Waals surface area contributed by atoms with Crippen molar-refractivity contribution in [2.45, 2.75) is 18.8 Å². The van der Waals surface area contributed by atoms with Crippen LogP contribution in [0.1, 0.15) is 24.5 Å². The van der Waals surface area contributed by atoms with Crippen LogP contribution in [-0.2, 0) is 0 Å². The van der Waals surface area contributed by atoms with E-state index in [0.717, 1.165) is 5.69 Å². The van der Waals surface area contributed by atoms with E-state index in [0.29, 0.717) is 11.8 Å². The zero-order valence-electron chi connectivity index (χ0n) is 5.00. The molecule has 0 aliphatic heterocycles. The number of oxazole rings is 1. The molecule has 1 heterocycles. The topological polar surface area (TPSA) is 52.0 Å². The lowest BCUT2D eigenvalue weighted by molar-refractivity contribution is 0.576. The van der Waals surface area contributed by atoms with Crippen LogP contribution in [0.15, 0.2) is 10.8 Å². The molecule has 0 radical (unpaired) electrons. The molecule has 48 valence electrons. The van der Waals surface area contributed by atoms with Crippen molar-refractivity contribution in [3.8, 4) is 0 Å². The second-order valence-corrected chi connectivity index (χ2v) is 2.38. The Bertz CT molecular complexity index is 215. The van der Waals surface area contributed by atoms with E-state index in [2.05, 4.69) is 4.98 Å². The van der Waals surface area contributed by atoms with E-state index in [1.807, 2.05) is 0 Å². The molecule has 0 atom stereocenters. The van der Waals surface area contributed by atoms with Crippen LogP contribution < -0.4 is 5.73 Å². The highest BCUT2D eigenvalue weighted by Crippen LogP contribution is 2.41. The number of hydrogen-bond acceptors (Lipinski definition) is 3. The third kappa shape index (κ3) is 0.686. The summed E-state index contributed by atoms with van der Waals surface area (Å²) in [7, 11) is 0. The van der Waals surface area contributed by atoms with Crippen molar-refractivity contribution >= 4 is 5.88 Å². The number of anilines is 1. The second-order valence-electron chi connectivity index (χ2n) is 2.38. The fraction of sp³-hybridized carbons (Fsp3) is 0.500. The average molecular weight is 124 g/mol. The molecular weight excluding hydrogens is 116 g/mol. The highest BCUT2D eigenvalue weighted by atomic mass is 16.3. The zero-order valence-corrected chi connectivity index (χ0v) is 5.00. The summed E-state index contributed by atoms with van der Waals surface area (Å²) in [5, 5.41) is 0. The molecule has 2 N–H and O–H groups in total. The van der Waals surface area contributed by atoms with Gasteiger partial charge in [0.2, 0.25) is 5.88 Å². The Labute approximate surface area is 52.9 Å². The van der Waals surface area contributed by atoms with Gasteiger partial charge in [0.25, 0.3) is 0 Å². The lowest BCUT2D eigenvalue weighted by Crippen LogP contribution is -1.87. The van der Waals surface area contributed by atoms with Gasteiger partial charge in [0.05, 0.1) is 0 Å². The molecule has 9 heavy (non-hydrogen) atoms. The lowest BCUT2D eigenvalue weighted by atomic mass is 10.3. The van der Waals surface area contributed by atoms with Gasteiger partial charge in [-0.05, 0) is 12.8 Å². The molecule has 1 aliphatic rings. The first-order valence-corrected chi connectivity index (χ1v) is 3.07. The van der Waals surface area contributed by atoms with Crippen LogP contribution in [0.25, 0.3) is 0 Å². The summed E-state index contributed by atoms with van der Waals surface area (Å²) in [5.41, 5.74) is 6.41.